The van der Waals surface area contributed by atoms with Gasteiger partial charge in [0.25, 0.3) is 0 Å². The lowest BCUT2D eigenvalue weighted by atomic mass is 10.0. The minimum Gasteiger partial charge on any atom is -0.388 e. The van der Waals surface area contributed by atoms with Crippen molar-refractivity contribution in [2.75, 3.05) is 11.4 Å². The maximum absolute atomic E-state index is 10.2. The number of aliphatic hydroxyl groups is 1. The van der Waals surface area contributed by atoms with Gasteiger partial charge in [0.2, 0.25) is 0 Å². The maximum Gasteiger partial charge on any atom is 0.140 e. The second-order valence-electron chi connectivity index (χ2n) is 5.30. The Morgan fingerprint density at radius 1 is 1.33 bits per heavy atom. The third-order valence-corrected chi connectivity index (χ3v) is 3.85. The standard InChI is InChI=1S/C17H17N3O/c18-11-14-10-13(7-8-19-14)12-20-9-3-6-17(21)15-4-1-2-5-16(15)20/h1-2,4-5,7-8,10,17,21H,3,6,9,12H2. The number of rotatable bonds is 2. The van der Waals surface area contributed by atoms with E-state index in [4.69, 9.17) is 5.26 Å². The highest BCUT2D eigenvalue weighted by Gasteiger charge is 2.20. The number of nitriles is 1. The second kappa shape index (κ2) is 5.94. The number of nitrogens with zero attached hydrogens (tertiary/aromatic N) is 3. The molecule has 0 amide bonds. The van der Waals surface area contributed by atoms with E-state index >= 15 is 0 Å². The molecule has 4 nitrogen and oxygen atoms in total. The summed E-state index contributed by atoms with van der Waals surface area (Å²) in [7, 11) is 0. The number of hydrogen-bond donors (Lipinski definition) is 1. The van der Waals surface area contributed by atoms with E-state index in [1.54, 1.807) is 6.20 Å². The first kappa shape index (κ1) is 13.6. The van der Waals surface area contributed by atoms with Crippen LogP contribution in [0.5, 0.6) is 0 Å². The van der Waals surface area contributed by atoms with E-state index in [1.807, 2.05) is 30.3 Å². The summed E-state index contributed by atoms with van der Waals surface area (Å²) in [6.07, 6.45) is 3.02. The molecule has 0 saturated heterocycles. The summed E-state index contributed by atoms with van der Waals surface area (Å²) < 4.78 is 0. The first-order valence-electron chi connectivity index (χ1n) is 7.15. The van der Waals surface area contributed by atoms with E-state index in [9.17, 15) is 5.11 Å². The molecule has 1 aromatic carbocycles. The number of pyridine rings is 1. The number of fused-ring (bicyclic) bond motifs is 1. The van der Waals surface area contributed by atoms with Gasteiger partial charge in [0.15, 0.2) is 0 Å². The van der Waals surface area contributed by atoms with Gasteiger partial charge in [0.1, 0.15) is 11.8 Å². The number of hydrogen-bond acceptors (Lipinski definition) is 4. The first-order valence-corrected chi connectivity index (χ1v) is 7.15. The SMILES string of the molecule is N#Cc1cc(CN2CCCC(O)c3ccccc32)ccn1. The van der Waals surface area contributed by atoms with Gasteiger partial charge in [-0.1, -0.05) is 18.2 Å². The number of aromatic nitrogens is 1. The number of para-hydroxylation sites is 1. The fourth-order valence-electron chi connectivity index (χ4n) is 2.83. The highest BCUT2D eigenvalue weighted by atomic mass is 16.3. The summed E-state index contributed by atoms with van der Waals surface area (Å²) >= 11 is 0. The molecule has 1 aliphatic rings. The van der Waals surface area contributed by atoms with E-state index < -0.39 is 6.10 Å². The average molecular weight is 279 g/mol. The zero-order valence-corrected chi connectivity index (χ0v) is 11.7. The molecule has 1 N–H and O–H groups in total. The van der Waals surface area contributed by atoms with E-state index in [2.05, 4.69) is 22.0 Å². The molecule has 21 heavy (non-hydrogen) atoms. The van der Waals surface area contributed by atoms with Crippen LogP contribution in [0.15, 0.2) is 42.6 Å². The van der Waals surface area contributed by atoms with Crippen molar-refractivity contribution in [1.82, 2.24) is 4.98 Å². The molecular weight excluding hydrogens is 262 g/mol. The van der Waals surface area contributed by atoms with Gasteiger partial charge in [0.05, 0.1) is 6.10 Å². The van der Waals surface area contributed by atoms with Crippen molar-refractivity contribution in [3.8, 4) is 6.07 Å². The molecule has 0 saturated carbocycles. The molecule has 3 rings (SSSR count). The van der Waals surface area contributed by atoms with E-state index in [1.165, 1.54) is 0 Å². The molecule has 0 aliphatic carbocycles. The topological polar surface area (TPSA) is 60.2 Å². The van der Waals surface area contributed by atoms with Crippen molar-refractivity contribution in [3.05, 3.63) is 59.4 Å². The predicted molar refractivity (Wildman–Crippen MR) is 80.6 cm³/mol. The summed E-state index contributed by atoms with van der Waals surface area (Å²) in [6, 6.07) is 13.8. The summed E-state index contributed by atoms with van der Waals surface area (Å²) in [4.78, 5) is 6.27. The minimum absolute atomic E-state index is 0.390. The number of aliphatic hydroxyl groups excluding tert-OH is 1. The number of benzene rings is 1. The van der Waals surface area contributed by atoms with Crippen LogP contribution < -0.4 is 4.90 Å². The summed E-state index contributed by atoms with van der Waals surface area (Å²) in [5, 5.41) is 19.2. The second-order valence-corrected chi connectivity index (χ2v) is 5.30. The zero-order chi connectivity index (χ0) is 14.7. The molecule has 1 aliphatic heterocycles. The smallest absolute Gasteiger partial charge is 0.140 e. The molecule has 0 fully saturated rings. The Hall–Kier alpha value is -2.38. The van der Waals surface area contributed by atoms with Crippen molar-refractivity contribution in [3.63, 3.8) is 0 Å². The first-order chi connectivity index (χ1) is 10.3. The van der Waals surface area contributed by atoms with Crippen molar-refractivity contribution in [1.29, 1.82) is 5.26 Å². The quantitative estimate of drug-likeness (QED) is 0.918. The monoisotopic (exact) mass is 279 g/mol. The van der Waals surface area contributed by atoms with Gasteiger partial charge in [-0.05, 0) is 36.6 Å². The van der Waals surface area contributed by atoms with Crippen LogP contribution in [0.2, 0.25) is 0 Å². The summed E-state index contributed by atoms with van der Waals surface area (Å²) in [5.41, 5.74) is 3.57. The van der Waals surface area contributed by atoms with Crippen LogP contribution in [0.3, 0.4) is 0 Å². The van der Waals surface area contributed by atoms with E-state index in [0.29, 0.717) is 5.69 Å². The summed E-state index contributed by atoms with van der Waals surface area (Å²) in [5.74, 6) is 0. The van der Waals surface area contributed by atoms with Crippen molar-refractivity contribution in [2.24, 2.45) is 0 Å². The maximum atomic E-state index is 10.2. The lowest BCUT2D eigenvalue weighted by Gasteiger charge is -2.25. The lowest BCUT2D eigenvalue weighted by molar-refractivity contribution is 0.168. The van der Waals surface area contributed by atoms with Gasteiger partial charge in [-0.15, -0.1) is 0 Å². The van der Waals surface area contributed by atoms with Gasteiger partial charge >= 0.3 is 0 Å². The Balaban J connectivity index is 1.91. The minimum atomic E-state index is -0.390. The third kappa shape index (κ3) is 2.88. The predicted octanol–water partition coefficient (Wildman–Crippen LogP) is 2.79. The van der Waals surface area contributed by atoms with Crippen LogP contribution in [0.25, 0.3) is 0 Å². The molecule has 0 spiro atoms. The van der Waals surface area contributed by atoms with Crippen LogP contribution in [0.4, 0.5) is 5.69 Å². The third-order valence-electron chi connectivity index (χ3n) is 3.85. The van der Waals surface area contributed by atoms with E-state index in [0.717, 1.165) is 42.7 Å². The highest BCUT2D eigenvalue weighted by Crippen LogP contribution is 2.33. The molecule has 0 radical (unpaired) electrons. The van der Waals surface area contributed by atoms with Crippen molar-refractivity contribution >= 4 is 5.69 Å². The van der Waals surface area contributed by atoms with Crippen LogP contribution >= 0.6 is 0 Å². The van der Waals surface area contributed by atoms with E-state index in [-0.39, 0.29) is 0 Å². The molecule has 4 heteroatoms. The van der Waals surface area contributed by atoms with Crippen LogP contribution in [0, 0.1) is 11.3 Å². The normalized spacial score (nSPS) is 17.7. The van der Waals surface area contributed by atoms with Crippen molar-refractivity contribution < 1.29 is 5.11 Å². The fourth-order valence-corrected chi connectivity index (χ4v) is 2.83. The van der Waals surface area contributed by atoms with Crippen LogP contribution in [-0.2, 0) is 6.54 Å². The molecule has 1 unspecified atom stereocenters. The Bertz CT molecular complexity index is 678. The molecule has 106 valence electrons. The Morgan fingerprint density at radius 2 is 2.19 bits per heavy atom. The average Bonchev–Trinajstić information content (AvgIpc) is 2.68. The van der Waals surface area contributed by atoms with Gasteiger partial charge in [-0.25, -0.2) is 4.98 Å². The van der Waals surface area contributed by atoms with Crippen LogP contribution in [0.1, 0.15) is 35.8 Å². The zero-order valence-electron chi connectivity index (χ0n) is 11.7. The van der Waals surface area contributed by atoms with Gasteiger partial charge in [-0.2, -0.15) is 5.26 Å². The lowest BCUT2D eigenvalue weighted by Crippen LogP contribution is -2.23. The van der Waals surface area contributed by atoms with Gasteiger partial charge in [0, 0.05) is 30.5 Å². The molecular formula is C17H17N3O. The van der Waals surface area contributed by atoms with Gasteiger partial charge < -0.3 is 10.0 Å². The Kier molecular flexibility index (Phi) is 3.85. The molecule has 0 bridgehead atoms. The summed E-state index contributed by atoms with van der Waals surface area (Å²) in [6.45, 7) is 1.62. The molecule has 2 heterocycles. The van der Waals surface area contributed by atoms with Crippen LogP contribution in [-0.4, -0.2) is 16.6 Å². The molecule has 1 aromatic heterocycles. The molecule has 1 atom stereocenters. The number of anilines is 1. The molecule has 2 aromatic rings. The van der Waals surface area contributed by atoms with Gasteiger partial charge in [-0.3, -0.25) is 0 Å². The fraction of sp³-hybridized carbons (Fsp3) is 0.294. The van der Waals surface area contributed by atoms with Crippen molar-refractivity contribution in [2.45, 2.75) is 25.5 Å². The highest BCUT2D eigenvalue weighted by molar-refractivity contribution is 5.55. The Morgan fingerprint density at radius 3 is 3.05 bits per heavy atom. The Labute approximate surface area is 124 Å². The largest absolute Gasteiger partial charge is 0.388 e.